The average Bonchev–Trinajstić information content (AvgIpc) is 3.56. The molecule has 3 aliphatic rings. The first-order valence-corrected chi connectivity index (χ1v) is 13.2. The molecular weight excluding hydrogens is 464 g/mol. The summed E-state index contributed by atoms with van der Waals surface area (Å²) in [6, 6.07) is 15.9. The number of rotatable bonds is 6. The molecule has 0 unspecified atom stereocenters. The zero-order valence-corrected chi connectivity index (χ0v) is 20.7. The third kappa shape index (κ3) is 4.05. The van der Waals surface area contributed by atoms with Gasteiger partial charge in [0.15, 0.2) is 5.82 Å². The molecule has 4 heterocycles. The van der Waals surface area contributed by atoms with Crippen LogP contribution in [0.1, 0.15) is 47.9 Å². The number of nitrogens with zero attached hydrogens (tertiary/aromatic N) is 4. The Morgan fingerprint density at radius 2 is 1.81 bits per heavy atom. The molecule has 8 nitrogen and oxygen atoms in total. The molecule has 2 aliphatic heterocycles. The number of carbonyl (C=O) groups excluding carboxylic acids is 1. The third-order valence-electron chi connectivity index (χ3n) is 8.22. The van der Waals surface area contributed by atoms with Gasteiger partial charge < -0.3 is 15.0 Å². The van der Waals surface area contributed by atoms with Crippen molar-refractivity contribution in [3.05, 3.63) is 72.3 Å². The number of H-pyrrole nitrogens is 1. The molecule has 188 valence electrons. The maximum atomic E-state index is 13.4. The Kier molecular flexibility index (Phi) is 5.43. The van der Waals surface area contributed by atoms with Crippen molar-refractivity contribution in [2.75, 3.05) is 31.2 Å². The van der Waals surface area contributed by atoms with Crippen LogP contribution in [0.5, 0.6) is 0 Å². The van der Waals surface area contributed by atoms with E-state index < -0.39 is 0 Å². The molecule has 2 aromatic heterocycles. The van der Waals surface area contributed by atoms with Gasteiger partial charge in [-0.15, -0.1) is 0 Å². The van der Waals surface area contributed by atoms with Gasteiger partial charge in [0.1, 0.15) is 0 Å². The smallest absolute Gasteiger partial charge is 0.251 e. The standard InChI is InChI=1S/C29H30N6O2/c36-28(32-26(19-4-1-2-5-19)27-30-12-3-13-31-27)21-8-11-24-23(14-21)25(34-33-24)20-6-9-22(10-7-20)35-15-29(16-35)17-37-18-29/h3,6-14,19,26H,1-2,4-5,15-18H2,(H,32,36)(H,33,34)/t26-/m1/s1. The fourth-order valence-electron chi connectivity index (χ4n) is 6.10. The van der Waals surface area contributed by atoms with Crippen LogP contribution in [0.3, 0.4) is 0 Å². The molecule has 1 aliphatic carbocycles. The summed E-state index contributed by atoms with van der Waals surface area (Å²) in [6.45, 7) is 3.89. The lowest BCUT2D eigenvalue weighted by Gasteiger charge is -2.56. The molecule has 0 bridgehead atoms. The molecule has 8 heteroatoms. The van der Waals surface area contributed by atoms with E-state index in [2.05, 4.69) is 54.6 Å². The number of benzene rings is 2. The fraction of sp³-hybridized carbons (Fsp3) is 0.379. The van der Waals surface area contributed by atoms with Crippen molar-refractivity contribution >= 4 is 22.5 Å². The summed E-state index contributed by atoms with van der Waals surface area (Å²) >= 11 is 0. The van der Waals surface area contributed by atoms with Crippen LogP contribution < -0.4 is 10.2 Å². The van der Waals surface area contributed by atoms with Crippen molar-refractivity contribution in [1.82, 2.24) is 25.5 Å². The third-order valence-corrected chi connectivity index (χ3v) is 8.22. The van der Waals surface area contributed by atoms with Gasteiger partial charge in [0.05, 0.1) is 35.9 Å². The lowest BCUT2D eigenvalue weighted by molar-refractivity contribution is -0.127. The number of aromatic amines is 1. The van der Waals surface area contributed by atoms with Gasteiger partial charge in [0.2, 0.25) is 0 Å². The maximum Gasteiger partial charge on any atom is 0.251 e. The number of anilines is 1. The summed E-state index contributed by atoms with van der Waals surface area (Å²) in [7, 11) is 0. The van der Waals surface area contributed by atoms with Crippen molar-refractivity contribution < 1.29 is 9.53 Å². The van der Waals surface area contributed by atoms with Gasteiger partial charge in [-0.1, -0.05) is 25.0 Å². The number of hydrogen-bond acceptors (Lipinski definition) is 6. The van der Waals surface area contributed by atoms with Gasteiger partial charge in [-0.25, -0.2) is 9.97 Å². The number of fused-ring (bicyclic) bond motifs is 1. The highest BCUT2D eigenvalue weighted by Crippen LogP contribution is 2.41. The van der Waals surface area contributed by atoms with E-state index in [1.807, 2.05) is 18.2 Å². The largest absolute Gasteiger partial charge is 0.380 e. The quantitative estimate of drug-likeness (QED) is 0.409. The zero-order chi connectivity index (χ0) is 24.8. The summed E-state index contributed by atoms with van der Waals surface area (Å²) < 4.78 is 5.40. The topological polar surface area (TPSA) is 96.0 Å². The Bertz CT molecular complexity index is 1420. The van der Waals surface area contributed by atoms with Crippen molar-refractivity contribution in [1.29, 1.82) is 0 Å². The Hall–Kier alpha value is -3.78. The highest BCUT2D eigenvalue weighted by atomic mass is 16.5. The lowest BCUT2D eigenvalue weighted by Crippen LogP contribution is -2.66. The molecular formula is C29H30N6O2. The summed E-state index contributed by atoms with van der Waals surface area (Å²) in [6.07, 6.45) is 8.01. The molecule has 2 aromatic carbocycles. The van der Waals surface area contributed by atoms with E-state index in [4.69, 9.17) is 4.74 Å². The molecule has 0 radical (unpaired) electrons. The minimum absolute atomic E-state index is 0.111. The summed E-state index contributed by atoms with van der Waals surface area (Å²) in [5.41, 5.74) is 5.00. The SMILES string of the molecule is O=C(N[C@@H](c1ncccn1)C1CCCC1)c1ccc2[nH]nc(-c3ccc(N4CC5(COC5)C4)cc3)c2c1. The molecule has 3 fully saturated rings. The Morgan fingerprint density at radius 1 is 1.05 bits per heavy atom. The van der Waals surface area contributed by atoms with Crippen LogP contribution >= 0.6 is 0 Å². The van der Waals surface area contributed by atoms with Crippen LogP contribution in [0.25, 0.3) is 22.2 Å². The number of aromatic nitrogens is 4. The van der Waals surface area contributed by atoms with Crippen molar-refractivity contribution in [2.24, 2.45) is 11.3 Å². The molecule has 2 saturated heterocycles. The van der Waals surface area contributed by atoms with Crippen molar-refractivity contribution in [3.63, 3.8) is 0 Å². The van der Waals surface area contributed by atoms with Crippen LogP contribution in [-0.4, -0.2) is 52.4 Å². The van der Waals surface area contributed by atoms with E-state index >= 15 is 0 Å². The Morgan fingerprint density at radius 3 is 2.51 bits per heavy atom. The second-order valence-electron chi connectivity index (χ2n) is 10.8. The first-order valence-electron chi connectivity index (χ1n) is 13.2. The Balaban J connectivity index is 1.12. The number of ether oxygens (including phenoxy) is 1. The Labute approximate surface area is 215 Å². The van der Waals surface area contributed by atoms with Crippen LogP contribution in [0.15, 0.2) is 60.9 Å². The van der Waals surface area contributed by atoms with Crippen LogP contribution in [0.2, 0.25) is 0 Å². The monoisotopic (exact) mass is 494 g/mol. The van der Waals surface area contributed by atoms with Gasteiger partial charge in [-0.3, -0.25) is 9.89 Å². The number of carbonyl (C=O) groups is 1. The van der Waals surface area contributed by atoms with E-state index in [1.165, 1.54) is 18.5 Å². The van der Waals surface area contributed by atoms with Crippen molar-refractivity contribution in [3.8, 4) is 11.3 Å². The number of amides is 1. The van der Waals surface area contributed by atoms with Gasteiger partial charge in [-0.2, -0.15) is 5.10 Å². The molecule has 1 amide bonds. The minimum Gasteiger partial charge on any atom is -0.380 e. The first kappa shape index (κ1) is 22.4. The van der Waals surface area contributed by atoms with Crippen LogP contribution in [-0.2, 0) is 4.74 Å². The lowest BCUT2D eigenvalue weighted by atomic mass is 9.78. The highest BCUT2D eigenvalue weighted by Gasteiger charge is 2.49. The van der Waals surface area contributed by atoms with E-state index in [1.54, 1.807) is 18.5 Å². The van der Waals surface area contributed by atoms with Crippen LogP contribution in [0.4, 0.5) is 5.69 Å². The first-order chi connectivity index (χ1) is 18.2. The molecule has 4 aromatic rings. The van der Waals surface area contributed by atoms with E-state index in [-0.39, 0.29) is 11.9 Å². The second-order valence-corrected chi connectivity index (χ2v) is 10.8. The summed E-state index contributed by atoms with van der Waals surface area (Å²) in [5, 5.41) is 11.9. The number of hydrogen-bond donors (Lipinski definition) is 2. The molecule has 7 rings (SSSR count). The zero-order valence-electron chi connectivity index (χ0n) is 20.7. The van der Waals surface area contributed by atoms with Gasteiger partial charge in [0.25, 0.3) is 5.91 Å². The van der Waals surface area contributed by atoms with Gasteiger partial charge >= 0.3 is 0 Å². The predicted octanol–water partition coefficient (Wildman–Crippen LogP) is 4.52. The van der Waals surface area contributed by atoms with Gasteiger partial charge in [-0.05, 0) is 55.2 Å². The number of nitrogens with one attached hydrogen (secondary N) is 2. The molecule has 2 N–H and O–H groups in total. The second kappa shape index (κ2) is 8.95. The van der Waals surface area contributed by atoms with E-state index in [0.29, 0.717) is 22.7 Å². The van der Waals surface area contributed by atoms with Crippen LogP contribution in [0, 0.1) is 11.3 Å². The average molecular weight is 495 g/mol. The predicted molar refractivity (Wildman–Crippen MR) is 141 cm³/mol. The molecule has 1 atom stereocenters. The maximum absolute atomic E-state index is 13.4. The molecule has 1 saturated carbocycles. The highest BCUT2D eigenvalue weighted by molar-refractivity contribution is 6.01. The van der Waals surface area contributed by atoms with E-state index in [0.717, 1.165) is 61.3 Å². The normalized spacial score (nSPS) is 19.5. The molecule has 37 heavy (non-hydrogen) atoms. The van der Waals surface area contributed by atoms with Crippen molar-refractivity contribution in [2.45, 2.75) is 31.7 Å². The molecule has 1 spiro atoms. The minimum atomic E-state index is -0.185. The fourth-order valence-corrected chi connectivity index (χ4v) is 6.10. The van der Waals surface area contributed by atoms with E-state index in [9.17, 15) is 4.79 Å². The van der Waals surface area contributed by atoms with Gasteiger partial charge in [0, 0.05) is 47.7 Å². The summed E-state index contributed by atoms with van der Waals surface area (Å²) in [5.74, 6) is 0.933. The summed E-state index contributed by atoms with van der Waals surface area (Å²) in [4.78, 5) is 24.7.